The Balaban J connectivity index is 0.000000152. The van der Waals surface area contributed by atoms with Gasteiger partial charge in [0.15, 0.2) is 0 Å². The highest BCUT2D eigenvalue weighted by Crippen LogP contribution is 2.33. The zero-order valence-corrected chi connectivity index (χ0v) is 28.4. The van der Waals surface area contributed by atoms with E-state index in [1.807, 2.05) is 55.0 Å². The molecule has 11 heteroatoms. The lowest BCUT2D eigenvalue weighted by Gasteiger charge is -2.40. The van der Waals surface area contributed by atoms with Crippen LogP contribution in [0.15, 0.2) is 91.6 Å². The van der Waals surface area contributed by atoms with Gasteiger partial charge in [-0.15, -0.1) is 0 Å². The number of nitrogens with two attached hydrogens (primary N) is 2. The number of nitrogens with one attached hydrogen (secondary N) is 2. The Morgan fingerprint density at radius 1 is 0.667 bits per heavy atom. The van der Waals surface area contributed by atoms with Crippen molar-refractivity contribution in [3.05, 3.63) is 113 Å². The number of nitrogens with zero attached hydrogens (tertiary/aromatic N) is 5. The van der Waals surface area contributed by atoms with Gasteiger partial charge in [0.2, 0.25) is 0 Å². The number of piperidine rings is 2. The number of aromatic nitrogens is 5. The molecule has 6 heterocycles. The minimum Gasteiger partial charge on any atom is -0.371 e. The number of aromatic amines is 2. The molecule has 0 spiro atoms. The molecule has 9 nitrogen and oxygen atoms in total. The number of halogens is 2. The zero-order valence-electron chi connectivity index (χ0n) is 26.9. The minimum atomic E-state index is -0.216. The Morgan fingerprint density at radius 2 is 1.29 bits per heavy atom. The van der Waals surface area contributed by atoms with Gasteiger partial charge in [0.25, 0.3) is 0 Å². The van der Waals surface area contributed by atoms with Gasteiger partial charge in [-0.3, -0.25) is 0 Å². The summed E-state index contributed by atoms with van der Waals surface area (Å²) < 4.78 is 0. The molecule has 6 N–H and O–H groups in total. The maximum absolute atomic E-state index is 6.68. The van der Waals surface area contributed by atoms with Crippen molar-refractivity contribution in [2.45, 2.75) is 49.6 Å². The summed E-state index contributed by atoms with van der Waals surface area (Å²) in [5.74, 6) is 0.987. The minimum absolute atomic E-state index is 0.144. The summed E-state index contributed by atoms with van der Waals surface area (Å²) in [5, 5.41) is 3.82. The largest absolute Gasteiger partial charge is 0.371 e. The summed E-state index contributed by atoms with van der Waals surface area (Å²) in [6.07, 6.45) is 12.8. The van der Waals surface area contributed by atoms with Crippen molar-refractivity contribution in [1.82, 2.24) is 24.9 Å². The molecule has 2 aromatic carbocycles. The predicted octanol–water partition coefficient (Wildman–Crippen LogP) is 6.91. The summed E-state index contributed by atoms with van der Waals surface area (Å²) in [6, 6.07) is 22.2. The van der Waals surface area contributed by atoms with Gasteiger partial charge in [-0.1, -0.05) is 53.5 Å². The van der Waals surface area contributed by atoms with Gasteiger partial charge in [-0.25, -0.2) is 15.0 Å². The van der Waals surface area contributed by atoms with Crippen molar-refractivity contribution in [3.63, 3.8) is 0 Å². The van der Waals surface area contributed by atoms with Crippen LogP contribution in [0, 0.1) is 0 Å². The van der Waals surface area contributed by atoms with Gasteiger partial charge in [0.05, 0.1) is 5.39 Å². The van der Waals surface area contributed by atoms with E-state index in [1.54, 1.807) is 6.33 Å². The van der Waals surface area contributed by atoms with E-state index < -0.39 is 0 Å². The lowest BCUT2D eigenvalue weighted by molar-refractivity contribution is 0.330. The maximum Gasteiger partial charge on any atom is 0.142 e. The molecule has 2 saturated heterocycles. The monoisotopic (exact) mass is 681 g/mol. The molecule has 0 amide bonds. The SMILES string of the molecule is NC1(Cc2ccc(Cl)cc2)CCN(c2ccnc3[nH]ccc23)CC1.NC1(Cc2ccccc2Cl)CCN(c2ncnc3[nH]ccc23)CC1. The summed E-state index contributed by atoms with van der Waals surface area (Å²) >= 11 is 12.3. The molecule has 0 aliphatic carbocycles. The summed E-state index contributed by atoms with van der Waals surface area (Å²) in [4.78, 5) is 24.1. The number of anilines is 2. The first kappa shape index (κ1) is 32.4. The second-order valence-electron chi connectivity index (χ2n) is 13.3. The fraction of sp³-hybridized carbons (Fsp3) is 0.324. The Morgan fingerprint density at radius 3 is 2.00 bits per heavy atom. The highest BCUT2D eigenvalue weighted by atomic mass is 35.5. The first-order chi connectivity index (χ1) is 23.3. The second kappa shape index (κ2) is 13.8. The van der Waals surface area contributed by atoms with Crippen LogP contribution in [0.3, 0.4) is 0 Å². The molecule has 248 valence electrons. The standard InChI is InChI=1S/C19H21ClN4.C18H20ClN5/c20-15-3-1-14(2-4-15)13-19(21)7-11-24(12-8-19)17-6-10-23-18-16(17)5-9-22-18;19-15-4-2-1-3-13(15)11-18(20)6-9-24(10-7-18)17-14-5-8-21-16(14)22-12-23-17/h1-6,9-10H,7-8,11-13,21H2,(H,22,23);1-5,8,12H,6-7,9-11,20H2,(H,21,22,23). The number of pyridine rings is 1. The van der Waals surface area contributed by atoms with Gasteiger partial charge in [-0.2, -0.15) is 0 Å². The normalized spacial score (nSPS) is 17.3. The number of rotatable bonds is 6. The number of hydrogen-bond acceptors (Lipinski definition) is 7. The van der Waals surface area contributed by atoms with Crippen LogP contribution in [0.25, 0.3) is 22.1 Å². The lowest BCUT2D eigenvalue weighted by atomic mass is 9.82. The van der Waals surface area contributed by atoms with Gasteiger partial charge in [0, 0.05) is 77.0 Å². The third-order valence-electron chi connectivity index (χ3n) is 9.90. The molecule has 0 bridgehead atoms. The van der Waals surface area contributed by atoms with Gasteiger partial charge >= 0.3 is 0 Å². The lowest BCUT2D eigenvalue weighted by Crippen LogP contribution is -2.52. The quantitative estimate of drug-likeness (QED) is 0.150. The molecule has 0 radical (unpaired) electrons. The van der Waals surface area contributed by atoms with E-state index in [1.165, 1.54) is 16.6 Å². The number of benzene rings is 2. The van der Waals surface area contributed by atoms with Crippen molar-refractivity contribution in [1.29, 1.82) is 0 Å². The van der Waals surface area contributed by atoms with Crippen LogP contribution in [-0.4, -0.2) is 62.2 Å². The summed E-state index contributed by atoms with van der Waals surface area (Å²) in [6.45, 7) is 3.71. The summed E-state index contributed by atoms with van der Waals surface area (Å²) in [7, 11) is 0. The van der Waals surface area contributed by atoms with Gasteiger partial charge < -0.3 is 31.2 Å². The van der Waals surface area contributed by atoms with Crippen LogP contribution < -0.4 is 21.3 Å². The number of hydrogen-bond donors (Lipinski definition) is 4. The predicted molar refractivity (Wildman–Crippen MR) is 197 cm³/mol. The van der Waals surface area contributed by atoms with Crippen LogP contribution in [0.4, 0.5) is 11.5 Å². The number of fused-ring (bicyclic) bond motifs is 2. The van der Waals surface area contributed by atoms with Crippen molar-refractivity contribution in [2.75, 3.05) is 36.0 Å². The van der Waals surface area contributed by atoms with E-state index in [-0.39, 0.29) is 11.1 Å². The summed E-state index contributed by atoms with van der Waals surface area (Å²) in [5.41, 5.74) is 18.4. The van der Waals surface area contributed by atoms with Gasteiger partial charge in [0.1, 0.15) is 23.4 Å². The Labute approximate surface area is 290 Å². The third kappa shape index (κ3) is 7.15. The van der Waals surface area contributed by atoms with Crippen molar-refractivity contribution >= 4 is 56.8 Å². The highest BCUT2D eigenvalue weighted by molar-refractivity contribution is 6.31. The molecule has 0 saturated carbocycles. The fourth-order valence-electron chi connectivity index (χ4n) is 7.07. The molecule has 2 aliphatic heterocycles. The maximum atomic E-state index is 6.68. The van der Waals surface area contributed by atoms with Crippen molar-refractivity contribution in [3.8, 4) is 0 Å². The van der Waals surface area contributed by atoms with Crippen LogP contribution in [0.1, 0.15) is 36.8 Å². The van der Waals surface area contributed by atoms with Crippen LogP contribution >= 0.6 is 23.2 Å². The Bertz CT molecular complexity index is 1970. The molecule has 6 aromatic rings. The van der Waals surface area contributed by atoms with E-state index in [9.17, 15) is 0 Å². The molecule has 0 unspecified atom stereocenters. The van der Waals surface area contributed by atoms with E-state index in [2.05, 4.69) is 65.1 Å². The van der Waals surface area contributed by atoms with E-state index >= 15 is 0 Å². The van der Waals surface area contributed by atoms with Gasteiger partial charge in [-0.05, 0) is 86.1 Å². The average molecular weight is 683 g/mol. The molecule has 4 aromatic heterocycles. The molecule has 2 fully saturated rings. The van der Waals surface area contributed by atoms with Crippen molar-refractivity contribution < 1.29 is 0 Å². The van der Waals surface area contributed by atoms with E-state index in [0.29, 0.717) is 0 Å². The third-order valence-corrected chi connectivity index (χ3v) is 10.5. The topological polar surface area (TPSA) is 129 Å². The molecule has 2 aliphatic rings. The number of H-pyrrole nitrogens is 2. The first-order valence-corrected chi connectivity index (χ1v) is 17.3. The second-order valence-corrected chi connectivity index (χ2v) is 14.1. The van der Waals surface area contributed by atoms with E-state index in [4.69, 9.17) is 34.7 Å². The highest BCUT2D eigenvalue weighted by Gasteiger charge is 2.33. The van der Waals surface area contributed by atoms with Crippen LogP contribution in [-0.2, 0) is 12.8 Å². The van der Waals surface area contributed by atoms with E-state index in [0.717, 1.165) is 103 Å². The smallest absolute Gasteiger partial charge is 0.142 e. The Kier molecular flexibility index (Phi) is 9.29. The Hall–Kier alpha value is -4.15. The molecule has 0 atom stereocenters. The molecular weight excluding hydrogens is 641 g/mol. The molecule has 48 heavy (non-hydrogen) atoms. The van der Waals surface area contributed by atoms with Crippen LogP contribution in [0.5, 0.6) is 0 Å². The molecular formula is C37H41Cl2N9. The fourth-order valence-corrected chi connectivity index (χ4v) is 7.40. The van der Waals surface area contributed by atoms with Crippen LogP contribution in [0.2, 0.25) is 10.0 Å². The molecule has 8 rings (SSSR count). The van der Waals surface area contributed by atoms with Crippen molar-refractivity contribution in [2.24, 2.45) is 11.5 Å². The zero-order chi connectivity index (χ0) is 33.1. The average Bonchev–Trinajstić information content (AvgIpc) is 3.78. The first-order valence-electron chi connectivity index (χ1n) is 16.5.